The zero-order chi connectivity index (χ0) is 16.7. The van der Waals surface area contributed by atoms with E-state index in [0.717, 1.165) is 0 Å². The standard InChI is InChI=1S/C15H12BrN3O4/c16-12-4-2-1-3-11(12)14(21)19-18-13(20)9-23-15(22)10-5-7-17-8-6-10/h1-8H,9H2,(H,18,20)(H,19,21). The molecule has 0 aliphatic heterocycles. The third-order valence-corrected chi connectivity index (χ3v) is 3.38. The molecule has 2 rings (SSSR count). The van der Waals surface area contributed by atoms with Crippen LogP contribution in [0.15, 0.2) is 53.3 Å². The lowest BCUT2D eigenvalue weighted by molar-refractivity contribution is -0.125. The Morgan fingerprint density at radius 3 is 2.43 bits per heavy atom. The van der Waals surface area contributed by atoms with Crippen molar-refractivity contribution < 1.29 is 19.1 Å². The molecule has 0 radical (unpaired) electrons. The Balaban J connectivity index is 1.78. The highest BCUT2D eigenvalue weighted by molar-refractivity contribution is 9.10. The van der Waals surface area contributed by atoms with Crippen molar-refractivity contribution in [3.05, 3.63) is 64.4 Å². The highest BCUT2D eigenvalue weighted by Gasteiger charge is 2.12. The van der Waals surface area contributed by atoms with E-state index in [1.165, 1.54) is 24.5 Å². The fourth-order valence-electron chi connectivity index (χ4n) is 1.58. The second-order valence-electron chi connectivity index (χ2n) is 4.29. The lowest BCUT2D eigenvalue weighted by Gasteiger charge is -2.09. The summed E-state index contributed by atoms with van der Waals surface area (Å²) in [5.74, 6) is -1.81. The molecule has 0 saturated carbocycles. The molecule has 23 heavy (non-hydrogen) atoms. The number of halogens is 1. The minimum Gasteiger partial charge on any atom is -0.452 e. The van der Waals surface area contributed by atoms with E-state index in [1.807, 2.05) is 0 Å². The summed E-state index contributed by atoms with van der Waals surface area (Å²) in [6.07, 6.45) is 2.88. The average Bonchev–Trinajstić information content (AvgIpc) is 2.58. The Morgan fingerprint density at radius 2 is 1.74 bits per heavy atom. The molecule has 8 heteroatoms. The second kappa shape index (κ2) is 8.04. The van der Waals surface area contributed by atoms with Crippen LogP contribution in [0.4, 0.5) is 0 Å². The van der Waals surface area contributed by atoms with Crippen LogP contribution in [-0.4, -0.2) is 29.4 Å². The number of ether oxygens (including phenoxy) is 1. The van der Waals surface area contributed by atoms with Crippen LogP contribution in [0.5, 0.6) is 0 Å². The number of aromatic nitrogens is 1. The fraction of sp³-hybridized carbons (Fsp3) is 0.0667. The van der Waals surface area contributed by atoms with Crippen LogP contribution < -0.4 is 10.9 Å². The number of hydrazine groups is 1. The monoisotopic (exact) mass is 377 g/mol. The summed E-state index contributed by atoms with van der Waals surface area (Å²) in [5.41, 5.74) is 5.04. The Labute approximate surface area is 140 Å². The number of nitrogens with one attached hydrogen (secondary N) is 2. The van der Waals surface area contributed by atoms with Gasteiger partial charge in [-0.15, -0.1) is 0 Å². The summed E-state index contributed by atoms with van der Waals surface area (Å²) in [7, 11) is 0. The molecular weight excluding hydrogens is 366 g/mol. The molecule has 0 atom stereocenters. The SMILES string of the molecule is O=C(COC(=O)c1ccncc1)NNC(=O)c1ccccc1Br. The molecule has 0 bridgehead atoms. The second-order valence-corrected chi connectivity index (χ2v) is 5.15. The summed E-state index contributed by atoms with van der Waals surface area (Å²) >= 11 is 3.23. The Morgan fingerprint density at radius 1 is 1.04 bits per heavy atom. The van der Waals surface area contributed by atoms with Crippen LogP contribution in [0.1, 0.15) is 20.7 Å². The highest BCUT2D eigenvalue weighted by Crippen LogP contribution is 2.15. The van der Waals surface area contributed by atoms with Crippen LogP contribution in [0.25, 0.3) is 0 Å². The van der Waals surface area contributed by atoms with Crippen molar-refractivity contribution in [2.75, 3.05) is 6.61 Å². The molecule has 0 fully saturated rings. The lowest BCUT2D eigenvalue weighted by Crippen LogP contribution is -2.43. The predicted molar refractivity (Wildman–Crippen MR) is 84.3 cm³/mol. The van der Waals surface area contributed by atoms with Gasteiger partial charge < -0.3 is 4.74 Å². The maximum absolute atomic E-state index is 11.9. The van der Waals surface area contributed by atoms with E-state index in [9.17, 15) is 14.4 Å². The normalized spacial score (nSPS) is 9.78. The number of benzene rings is 1. The molecule has 2 amide bonds. The first-order valence-corrected chi connectivity index (χ1v) is 7.28. The van der Waals surface area contributed by atoms with E-state index in [4.69, 9.17) is 4.74 Å². The van der Waals surface area contributed by atoms with Crippen molar-refractivity contribution in [3.63, 3.8) is 0 Å². The number of amides is 2. The van der Waals surface area contributed by atoms with Crippen molar-refractivity contribution in [2.24, 2.45) is 0 Å². The number of carbonyl (C=O) groups is 3. The maximum atomic E-state index is 11.9. The molecular formula is C15H12BrN3O4. The molecule has 0 unspecified atom stereocenters. The van der Waals surface area contributed by atoms with Gasteiger partial charge in [0.05, 0.1) is 11.1 Å². The summed E-state index contributed by atoms with van der Waals surface area (Å²) < 4.78 is 5.41. The van der Waals surface area contributed by atoms with Crippen LogP contribution in [-0.2, 0) is 9.53 Å². The fourth-order valence-corrected chi connectivity index (χ4v) is 2.04. The molecule has 118 valence electrons. The summed E-state index contributed by atoms with van der Waals surface area (Å²) in [4.78, 5) is 38.8. The number of hydrogen-bond donors (Lipinski definition) is 2. The molecule has 0 saturated heterocycles. The predicted octanol–water partition coefficient (Wildman–Crippen LogP) is 1.46. The van der Waals surface area contributed by atoms with Crippen LogP contribution in [0.3, 0.4) is 0 Å². The molecule has 1 heterocycles. The van der Waals surface area contributed by atoms with Crippen molar-refractivity contribution in [1.29, 1.82) is 0 Å². The van der Waals surface area contributed by atoms with Crippen LogP contribution in [0, 0.1) is 0 Å². The van der Waals surface area contributed by atoms with Crippen molar-refractivity contribution in [1.82, 2.24) is 15.8 Å². The number of nitrogens with zero attached hydrogens (tertiary/aromatic N) is 1. The van der Waals surface area contributed by atoms with Crippen LogP contribution >= 0.6 is 15.9 Å². The van der Waals surface area contributed by atoms with Crippen LogP contribution in [0.2, 0.25) is 0 Å². The van der Waals surface area contributed by atoms with Crippen molar-refractivity contribution in [3.8, 4) is 0 Å². The third-order valence-electron chi connectivity index (χ3n) is 2.68. The van der Waals surface area contributed by atoms with Crippen molar-refractivity contribution >= 4 is 33.7 Å². The van der Waals surface area contributed by atoms with Gasteiger partial charge in [0.1, 0.15) is 0 Å². The smallest absolute Gasteiger partial charge is 0.338 e. The maximum Gasteiger partial charge on any atom is 0.338 e. The van der Waals surface area contributed by atoms with Gasteiger partial charge in [0.25, 0.3) is 11.8 Å². The van der Waals surface area contributed by atoms with Gasteiger partial charge in [0.15, 0.2) is 6.61 Å². The molecule has 7 nitrogen and oxygen atoms in total. The molecule has 1 aromatic heterocycles. The molecule has 0 spiro atoms. The third kappa shape index (κ3) is 4.89. The number of carbonyl (C=O) groups excluding carboxylic acids is 3. The molecule has 1 aromatic carbocycles. The van der Waals surface area contributed by atoms with Gasteiger partial charge in [0.2, 0.25) is 0 Å². The minimum absolute atomic E-state index is 0.282. The molecule has 2 N–H and O–H groups in total. The summed E-state index contributed by atoms with van der Waals surface area (Å²) in [6.45, 7) is -0.516. The molecule has 2 aromatic rings. The average molecular weight is 378 g/mol. The number of esters is 1. The van der Waals surface area contributed by atoms with Gasteiger partial charge >= 0.3 is 5.97 Å². The zero-order valence-corrected chi connectivity index (χ0v) is 13.4. The van der Waals surface area contributed by atoms with Gasteiger partial charge in [-0.2, -0.15) is 0 Å². The zero-order valence-electron chi connectivity index (χ0n) is 11.8. The Hall–Kier alpha value is -2.74. The van der Waals surface area contributed by atoms with E-state index in [-0.39, 0.29) is 5.56 Å². The van der Waals surface area contributed by atoms with Gasteiger partial charge in [-0.25, -0.2) is 4.79 Å². The number of hydrogen-bond acceptors (Lipinski definition) is 5. The first kappa shape index (κ1) is 16.6. The Bertz CT molecular complexity index is 722. The topological polar surface area (TPSA) is 97.4 Å². The first-order valence-electron chi connectivity index (χ1n) is 6.49. The summed E-state index contributed by atoms with van der Waals surface area (Å²) in [5, 5.41) is 0. The highest BCUT2D eigenvalue weighted by atomic mass is 79.9. The van der Waals surface area contributed by atoms with Gasteiger partial charge in [0, 0.05) is 16.9 Å². The van der Waals surface area contributed by atoms with E-state index < -0.39 is 24.4 Å². The first-order chi connectivity index (χ1) is 11.1. The van der Waals surface area contributed by atoms with Crippen molar-refractivity contribution in [2.45, 2.75) is 0 Å². The molecule has 0 aliphatic rings. The van der Waals surface area contributed by atoms with E-state index in [0.29, 0.717) is 10.0 Å². The quantitative estimate of drug-likeness (QED) is 0.620. The molecule has 0 aliphatic carbocycles. The number of pyridine rings is 1. The Kier molecular flexibility index (Phi) is 5.81. The minimum atomic E-state index is -0.659. The summed E-state index contributed by atoms with van der Waals surface area (Å²) in [6, 6.07) is 9.68. The van der Waals surface area contributed by atoms with Gasteiger partial charge in [-0.3, -0.25) is 25.4 Å². The van der Waals surface area contributed by atoms with Gasteiger partial charge in [-0.1, -0.05) is 12.1 Å². The van der Waals surface area contributed by atoms with Gasteiger partial charge in [-0.05, 0) is 40.2 Å². The van der Waals surface area contributed by atoms with E-state index in [2.05, 4.69) is 31.8 Å². The largest absolute Gasteiger partial charge is 0.452 e. The lowest BCUT2D eigenvalue weighted by atomic mass is 10.2. The van der Waals surface area contributed by atoms with E-state index in [1.54, 1.807) is 24.3 Å². The number of rotatable bonds is 4. The van der Waals surface area contributed by atoms with E-state index >= 15 is 0 Å².